The molecule has 3 rings (SSSR count). The Balaban J connectivity index is 1.46. The van der Waals surface area contributed by atoms with Gasteiger partial charge in [-0.25, -0.2) is 17.5 Å². The normalized spacial score (nSPS) is 13.5. The Bertz CT molecular complexity index is 1040. The standard InChI is InChI=1S/C20H22FN3O5S/c1-29-18-9-8-16(12-17(18)21)30(27,28)23-11-10-22-19(25)13-4-6-15(7-5-13)24-20(26)14-2-3-14/h4-9,12,14,23H,2-3,10-11H2,1H3,(H,22,25)(H,24,26). The minimum absolute atomic E-state index is 0.0174. The highest BCUT2D eigenvalue weighted by atomic mass is 32.2. The van der Waals surface area contributed by atoms with Gasteiger partial charge in [-0.2, -0.15) is 0 Å². The zero-order valence-electron chi connectivity index (χ0n) is 16.3. The molecule has 0 unspecified atom stereocenters. The average molecular weight is 435 g/mol. The third-order valence-corrected chi connectivity index (χ3v) is 5.96. The number of ether oxygens (including phenoxy) is 1. The largest absolute Gasteiger partial charge is 0.494 e. The second-order valence-corrected chi connectivity index (χ2v) is 8.56. The quantitative estimate of drug-likeness (QED) is 0.521. The molecule has 30 heavy (non-hydrogen) atoms. The maximum absolute atomic E-state index is 13.7. The average Bonchev–Trinajstić information content (AvgIpc) is 3.57. The highest BCUT2D eigenvalue weighted by Crippen LogP contribution is 2.30. The van der Waals surface area contributed by atoms with Crippen molar-refractivity contribution in [2.45, 2.75) is 17.7 Å². The van der Waals surface area contributed by atoms with Crippen LogP contribution in [0.3, 0.4) is 0 Å². The summed E-state index contributed by atoms with van der Waals surface area (Å²) < 4.78 is 45.2. The van der Waals surface area contributed by atoms with Gasteiger partial charge in [0, 0.05) is 30.3 Å². The Morgan fingerprint density at radius 2 is 1.80 bits per heavy atom. The van der Waals surface area contributed by atoms with E-state index in [0.29, 0.717) is 11.3 Å². The van der Waals surface area contributed by atoms with Gasteiger partial charge in [-0.1, -0.05) is 0 Å². The summed E-state index contributed by atoms with van der Waals surface area (Å²) in [5.41, 5.74) is 0.988. The van der Waals surface area contributed by atoms with Gasteiger partial charge in [-0.3, -0.25) is 9.59 Å². The lowest BCUT2D eigenvalue weighted by Crippen LogP contribution is -2.34. The molecular weight excluding hydrogens is 413 g/mol. The number of rotatable bonds is 9. The molecule has 0 aliphatic heterocycles. The molecule has 1 fully saturated rings. The van der Waals surface area contributed by atoms with Gasteiger partial charge in [-0.05, 0) is 55.3 Å². The van der Waals surface area contributed by atoms with Gasteiger partial charge in [0.25, 0.3) is 5.91 Å². The van der Waals surface area contributed by atoms with E-state index in [1.165, 1.54) is 19.2 Å². The van der Waals surface area contributed by atoms with Crippen molar-refractivity contribution < 1.29 is 27.1 Å². The molecule has 2 amide bonds. The van der Waals surface area contributed by atoms with Crippen molar-refractivity contribution in [3.05, 3.63) is 53.8 Å². The first-order valence-corrected chi connectivity index (χ1v) is 10.8. The minimum atomic E-state index is -3.93. The van der Waals surface area contributed by atoms with E-state index < -0.39 is 15.8 Å². The molecule has 0 atom stereocenters. The zero-order chi connectivity index (χ0) is 21.7. The van der Waals surface area contributed by atoms with Gasteiger partial charge in [-0.15, -0.1) is 0 Å². The van der Waals surface area contributed by atoms with E-state index in [2.05, 4.69) is 15.4 Å². The van der Waals surface area contributed by atoms with Crippen LogP contribution >= 0.6 is 0 Å². The van der Waals surface area contributed by atoms with Crippen LogP contribution in [0.2, 0.25) is 0 Å². The molecule has 10 heteroatoms. The number of anilines is 1. The maximum atomic E-state index is 13.7. The number of carbonyl (C=O) groups excluding carboxylic acids is 2. The van der Waals surface area contributed by atoms with E-state index in [0.717, 1.165) is 18.9 Å². The van der Waals surface area contributed by atoms with Crippen LogP contribution < -0.4 is 20.1 Å². The second-order valence-electron chi connectivity index (χ2n) is 6.79. The van der Waals surface area contributed by atoms with Crippen LogP contribution in [0, 0.1) is 11.7 Å². The number of nitrogens with one attached hydrogen (secondary N) is 3. The molecular formula is C20H22FN3O5S. The summed E-state index contributed by atoms with van der Waals surface area (Å²) in [6, 6.07) is 9.73. The second kappa shape index (κ2) is 9.23. The first-order valence-electron chi connectivity index (χ1n) is 9.32. The monoisotopic (exact) mass is 435 g/mol. The van der Waals surface area contributed by atoms with Crippen LogP contribution in [0.15, 0.2) is 47.4 Å². The summed E-state index contributed by atoms with van der Waals surface area (Å²) in [5.74, 6) is -1.16. The molecule has 0 heterocycles. The Labute approximate surface area is 173 Å². The maximum Gasteiger partial charge on any atom is 0.251 e. The van der Waals surface area contributed by atoms with Crippen LogP contribution in [0.5, 0.6) is 5.75 Å². The van der Waals surface area contributed by atoms with Crippen LogP contribution in [-0.4, -0.2) is 40.4 Å². The van der Waals surface area contributed by atoms with E-state index in [1.807, 2.05) is 0 Å². The highest BCUT2D eigenvalue weighted by Gasteiger charge is 2.29. The SMILES string of the molecule is COc1ccc(S(=O)(=O)NCCNC(=O)c2ccc(NC(=O)C3CC3)cc2)cc1F. The third-order valence-electron chi connectivity index (χ3n) is 4.50. The number of sulfonamides is 1. The highest BCUT2D eigenvalue weighted by molar-refractivity contribution is 7.89. The predicted octanol–water partition coefficient (Wildman–Crippen LogP) is 1.89. The third kappa shape index (κ3) is 5.55. The Morgan fingerprint density at radius 1 is 1.10 bits per heavy atom. The summed E-state index contributed by atoms with van der Waals surface area (Å²) >= 11 is 0. The summed E-state index contributed by atoms with van der Waals surface area (Å²) in [6.07, 6.45) is 1.81. The molecule has 2 aromatic rings. The van der Waals surface area contributed by atoms with Crippen molar-refractivity contribution in [3.8, 4) is 5.75 Å². The van der Waals surface area contributed by atoms with Crippen molar-refractivity contribution in [2.24, 2.45) is 5.92 Å². The van der Waals surface area contributed by atoms with Gasteiger partial charge in [0.2, 0.25) is 15.9 Å². The molecule has 1 saturated carbocycles. The first kappa shape index (κ1) is 21.7. The van der Waals surface area contributed by atoms with Crippen LogP contribution in [0.4, 0.5) is 10.1 Å². The van der Waals surface area contributed by atoms with Crippen molar-refractivity contribution >= 4 is 27.5 Å². The molecule has 0 radical (unpaired) electrons. The van der Waals surface area contributed by atoms with Crippen molar-refractivity contribution in [1.29, 1.82) is 0 Å². The zero-order valence-corrected chi connectivity index (χ0v) is 17.1. The topological polar surface area (TPSA) is 114 Å². The van der Waals surface area contributed by atoms with Gasteiger partial charge in [0.1, 0.15) is 0 Å². The summed E-state index contributed by atoms with van der Waals surface area (Å²) in [5, 5.41) is 5.38. The summed E-state index contributed by atoms with van der Waals surface area (Å²) in [7, 11) is -2.64. The van der Waals surface area contributed by atoms with Crippen LogP contribution in [-0.2, 0) is 14.8 Å². The van der Waals surface area contributed by atoms with E-state index in [1.54, 1.807) is 24.3 Å². The molecule has 3 N–H and O–H groups in total. The smallest absolute Gasteiger partial charge is 0.251 e. The molecule has 0 spiro atoms. The number of halogens is 1. The van der Waals surface area contributed by atoms with Gasteiger partial charge in [0.05, 0.1) is 12.0 Å². The van der Waals surface area contributed by atoms with Crippen molar-refractivity contribution in [3.63, 3.8) is 0 Å². The fourth-order valence-corrected chi connectivity index (χ4v) is 3.70. The lowest BCUT2D eigenvalue weighted by molar-refractivity contribution is -0.117. The fourth-order valence-electron chi connectivity index (χ4n) is 2.66. The first-order chi connectivity index (χ1) is 14.3. The number of benzene rings is 2. The minimum Gasteiger partial charge on any atom is -0.494 e. The van der Waals surface area contributed by atoms with Gasteiger partial charge >= 0.3 is 0 Å². The molecule has 160 valence electrons. The molecule has 0 aromatic heterocycles. The fraction of sp³-hybridized carbons (Fsp3) is 0.300. The number of carbonyl (C=O) groups is 2. The lowest BCUT2D eigenvalue weighted by atomic mass is 10.2. The predicted molar refractivity (Wildman–Crippen MR) is 108 cm³/mol. The van der Waals surface area contributed by atoms with Crippen LogP contribution in [0.1, 0.15) is 23.2 Å². The summed E-state index contributed by atoms with van der Waals surface area (Å²) in [6.45, 7) is -0.0336. The molecule has 2 aromatic carbocycles. The van der Waals surface area contributed by atoms with Gasteiger partial charge in [0.15, 0.2) is 11.6 Å². The van der Waals surface area contributed by atoms with E-state index in [4.69, 9.17) is 4.74 Å². The van der Waals surface area contributed by atoms with Crippen LogP contribution in [0.25, 0.3) is 0 Å². The van der Waals surface area contributed by atoms with Crippen molar-refractivity contribution in [2.75, 3.05) is 25.5 Å². The van der Waals surface area contributed by atoms with Gasteiger partial charge < -0.3 is 15.4 Å². The van der Waals surface area contributed by atoms with E-state index in [9.17, 15) is 22.4 Å². The molecule has 1 aliphatic carbocycles. The Hall–Kier alpha value is -2.98. The number of hydrogen-bond acceptors (Lipinski definition) is 5. The molecule has 1 aliphatic rings. The Kier molecular flexibility index (Phi) is 6.68. The molecule has 8 nitrogen and oxygen atoms in total. The number of amides is 2. The molecule has 0 bridgehead atoms. The Morgan fingerprint density at radius 3 is 2.40 bits per heavy atom. The van der Waals surface area contributed by atoms with E-state index >= 15 is 0 Å². The lowest BCUT2D eigenvalue weighted by Gasteiger charge is -2.10. The summed E-state index contributed by atoms with van der Waals surface area (Å²) in [4.78, 5) is 23.7. The number of methoxy groups -OCH3 is 1. The van der Waals surface area contributed by atoms with Crippen molar-refractivity contribution in [1.82, 2.24) is 10.0 Å². The number of hydrogen-bond donors (Lipinski definition) is 3. The molecule has 0 saturated heterocycles. The van der Waals surface area contributed by atoms with E-state index in [-0.39, 0.29) is 41.5 Å².